The summed E-state index contributed by atoms with van der Waals surface area (Å²) in [7, 11) is 0. The average Bonchev–Trinajstić information content (AvgIpc) is 2.70. The number of hydrogen-bond acceptors (Lipinski definition) is 3. The van der Waals surface area contributed by atoms with Crippen LogP contribution >= 0.6 is 11.6 Å². The van der Waals surface area contributed by atoms with Gasteiger partial charge in [-0.2, -0.15) is 0 Å². The van der Waals surface area contributed by atoms with E-state index in [2.05, 4.69) is 4.98 Å². The Bertz CT molecular complexity index is 595. The largest absolute Gasteiger partial charge is 0.399 e. The molecule has 92 valence electrons. The number of benzene rings is 1. The topological polar surface area (TPSA) is 42.1 Å². The zero-order valence-corrected chi connectivity index (χ0v) is 10.3. The van der Waals surface area contributed by atoms with Gasteiger partial charge in [-0.15, -0.1) is 0 Å². The molecule has 1 aromatic carbocycles. The Morgan fingerprint density at radius 3 is 2.89 bits per heavy atom. The molecule has 2 aromatic rings. The van der Waals surface area contributed by atoms with Gasteiger partial charge in [0.15, 0.2) is 0 Å². The number of fused-ring (bicyclic) bond motifs is 1. The van der Waals surface area contributed by atoms with Crippen LogP contribution in [0.4, 0.5) is 21.6 Å². The predicted octanol–water partition coefficient (Wildman–Crippen LogP) is 3.15. The molecule has 18 heavy (non-hydrogen) atoms. The molecule has 1 aliphatic heterocycles. The summed E-state index contributed by atoms with van der Waals surface area (Å²) in [6.07, 6.45) is 0.865. The number of rotatable bonds is 1. The molecule has 2 heterocycles. The van der Waals surface area contributed by atoms with Crippen molar-refractivity contribution in [2.45, 2.75) is 6.42 Å². The van der Waals surface area contributed by atoms with Crippen molar-refractivity contribution < 1.29 is 4.39 Å². The highest BCUT2D eigenvalue weighted by atomic mass is 35.5. The van der Waals surface area contributed by atoms with Crippen molar-refractivity contribution in [2.24, 2.45) is 0 Å². The van der Waals surface area contributed by atoms with E-state index in [1.165, 1.54) is 12.1 Å². The lowest BCUT2D eigenvalue weighted by Gasteiger charge is -2.18. The zero-order valence-electron chi connectivity index (χ0n) is 9.53. The molecule has 0 bridgehead atoms. The number of anilines is 3. The minimum Gasteiger partial charge on any atom is -0.399 e. The summed E-state index contributed by atoms with van der Waals surface area (Å²) in [5.41, 5.74) is 8.25. The van der Waals surface area contributed by atoms with E-state index >= 15 is 0 Å². The minimum atomic E-state index is -0.254. The first-order chi connectivity index (χ1) is 8.63. The molecule has 3 rings (SSSR count). The lowest BCUT2D eigenvalue weighted by molar-refractivity contribution is 0.628. The Morgan fingerprint density at radius 2 is 2.11 bits per heavy atom. The third-order valence-electron chi connectivity index (χ3n) is 3.02. The van der Waals surface area contributed by atoms with Crippen molar-refractivity contribution >= 4 is 28.8 Å². The Balaban J connectivity index is 2.08. The van der Waals surface area contributed by atoms with Gasteiger partial charge in [-0.1, -0.05) is 17.7 Å². The van der Waals surface area contributed by atoms with E-state index in [0.717, 1.165) is 24.2 Å². The van der Waals surface area contributed by atoms with Crippen LogP contribution in [0.2, 0.25) is 5.15 Å². The first kappa shape index (κ1) is 11.3. The van der Waals surface area contributed by atoms with Gasteiger partial charge in [-0.25, -0.2) is 9.37 Å². The predicted molar refractivity (Wildman–Crippen MR) is 70.8 cm³/mol. The SMILES string of the molecule is Nc1cc(Cl)nc(N2CCc3ccc(F)cc32)c1. The second kappa shape index (κ2) is 4.14. The Kier molecular flexibility index (Phi) is 2.59. The molecule has 0 unspecified atom stereocenters. The van der Waals surface area contributed by atoms with E-state index in [1.807, 2.05) is 4.90 Å². The lowest BCUT2D eigenvalue weighted by atomic mass is 10.2. The number of nitrogens with zero attached hydrogens (tertiary/aromatic N) is 2. The maximum atomic E-state index is 13.3. The molecule has 0 aliphatic carbocycles. The first-order valence-corrected chi connectivity index (χ1v) is 6.00. The zero-order chi connectivity index (χ0) is 12.7. The van der Waals surface area contributed by atoms with Crippen LogP contribution in [-0.2, 0) is 6.42 Å². The molecule has 0 saturated carbocycles. The maximum absolute atomic E-state index is 13.3. The molecule has 3 nitrogen and oxygen atoms in total. The van der Waals surface area contributed by atoms with E-state index in [9.17, 15) is 4.39 Å². The molecule has 0 atom stereocenters. The summed E-state index contributed by atoms with van der Waals surface area (Å²) >= 11 is 5.90. The molecule has 1 aromatic heterocycles. The van der Waals surface area contributed by atoms with Crippen LogP contribution < -0.4 is 10.6 Å². The average molecular weight is 264 g/mol. The van der Waals surface area contributed by atoms with Crippen molar-refractivity contribution in [1.29, 1.82) is 0 Å². The normalized spacial score (nSPS) is 13.8. The van der Waals surface area contributed by atoms with Crippen LogP contribution in [-0.4, -0.2) is 11.5 Å². The fraction of sp³-hybridized carbons (Fsp3) is 0.154. The first-order valence-electron chi connectivity index (χ1n) is 5.62. The van der Waals surface area contributed by atoms with E-state index in [1.54, 1.807) is 18.2 Å². The number of aromatic nitrogens is 1. The molecule has 0 saturated heterocycles. The lowest BCUT2D eigenvalue weighted by Crippen LogP contribution is -2.15. The fourth-order valence-electron chi connectivity index (χ4n) is 2.23. The molecule has 0 radical (unpaired) electrons. The van der Waals surface area contributed by atoms with Gasteiger partial charge in [0.25, 0.3) is 0 Å². The summed E-state index contributed by atoms with van der Waals surface area (Å²) in [5.74, 6) is 0.403. The Labute approximate surface area is 109 Å². The van der Waals surface area contributed by atoms with Gasteiger partial charge < -0.3 is 10.6 Å². The van der Waals surface area contributed by atoms with Crippen molar-refractivity contribution in [3.05, 3.63) is 46.9 Å². The highest BCUT2D eigenvalue weighted by Crippen LogP contribution is 2.35. The van der Waals surface area contributed by atoms with Gasteiger partial charge in [0.05, 0.1) is 0 Å². The van der Waals surface area contributed by atoms with Crippen molar-refractivity contribution in [3.63, 3.8) is 0 Å². The molecular formula is C13H11ClFN3. The number of nitrogens with two attached hydrogens (primary N) is 1. The molecule has 0 fully saturated rings. The van der Waals surface area contributed by atoms with Gasteiger partial charge in [0.1, 0.15) is 16.8 Å². The third kappa shape index (κ3) is 1.88. The van der Waals surface area contributed by atoms with Crippen molar-refractivity contribution in [3.8, 4) is 0 Å². The highest BCUT2D eigenvalue weighted by molar-refractivity contribution is 6.29. The molecular weight excluding hydrogens is 253 g/mol. The Hall–Kier alpha value is -1.81. The summed E-state index contributed by atoms with van der Waals surface area (Å²) in [4.78, 5) is 6.16. The molecule has 5 heteroatoms. The molecule has 0 spiro atoms. The van der Waals surface area contributed by atoms with Gasteiger partial charge in [-0.05, 0) is 30.2 Å². The number of pyridine rings is 1. The maximum Gasteiger partial charge on any atom is 0.136 e. The van der Waals surface area contributed by atoms with E-state index in [4.69, 9.17) is 17.3 Å². The van der Waals surface area contributed by atoms with Crippen LogP contribution in [0.5, 0.6) is 0 Å². The minimum absolute atomic E-state index is 0.254. The van der Waals surface area contributed by atoms with Gasteiger partial charge in [0.2, 0.25) is 0 Å². The summed E-state index contributed by atoms with van der Waals surface area (Å²) in [5, 5.41) is 0.342. The Morgan fingerprint density at radius 1 is 1.28 bits per heavy atom. The van der Waals surface area contributed by atoms with E-state index in [0.29, 0.717) is 16.7 Å². The van der Waals surface area contributed by atoms with Gasteiger partial charge in [0, 0.05) is 24.0 Å². The molecule has 1 aliphatic rings. The van der Waals surface area contributed by atoms with Gasteiger partial charge >= 0.3 is 0 Å². The van der Waals surface area contributed by atoms with Crippen molar-refractivity contribution in [1.82, 2.24) is 4.98 Å². The second-order valence-corrected chi connectivity index (χ2v) is 4.64. The number of nitrogen functional groups attached to an aromatic ring is 1. The molecule has 2 N–H and O–H groups in total. The van der Waals surface area contributed by atoms with E-state index in [-0.39, 0.29) is 5.82 Å². The van der Waals surface area contributed by atoms with Crippen molar-refractivity contribution in [2.75, 3.05) is 17.2 Å². The summed E-state index contributed by atoms with van der Waals surface area (Å²) < 4.78 is 13.3. The van der Waals surface area contributed by atoms with Crippen LogP contribution in [0.1, 0.15) is 5.56 Å². The van der Waals surface area contributed by atoms with Crippen LogP contribution in [0, 0.1) is 5.82 Å². The quantitative estimate of drug-likeness (QED) is 0.804. The monoisotopic (exact) mass is 263 g/mol. The van der Waals surface area contributed by atoms with Crippen LogP contribution in [0.25, 0.3) is 0 Å². The highest BCUT2D eigenvalue weighted by Gasteiger charge is 2.22. The summed E-state index contributed by atoms with van der Waals surface area (Å²) in [6.45, 7) is 0.756. The molecule has 0 amide bonds. The van der Waals surface area contributed by atoms with E-state index < -0.39 is 0 Å². The van der Waals surface area contributed by atoms with Gasteiger partial charge in [-0.3, -0.25) is 0 Å². The van der Waals surface area contributed by atoms with Crippen LogP contribution in [0.15, 0.2) is 30.3 Å². The smallest absolute Gasteiger partial charge is 0.136 e. The fourth-order valence-corrected chi connectivity index (χ4v) is 2.44. The summed E-state index contributed by atoms with van der Waals surface area (Å²) in [6, 6.07) is 8.13. The number of halogens is 2. The standard InChI is InChI=1S/C13H11ClFN3/c14-12-6-10(16)7-13(17-12)18-4-3-8-1-2-9(15)5-11(8)18/h1-2,5-7H,3-4H2,(H2,16,17). The third-order valence-corrected chi connectivity index (χ3v) is 3.22. The van der Waals surface area contributed by atoms with Crippen LogP contribution in [0.3, 0.4) is 0 Å². The number of hydrogen-bond donors (Lipinski definition) is 1. The second-order valence-electron chi connectivity index (χ2n) is 4.26.